The predicted octanol–water partition coefficient (Wildman–Crippen LogP) is 0.209. The molecule has 29 heavy (non-hydrogen) atoms. The van der Waals surface area contributed by atoms with Gasteiger partial charge < -0.3 is 25.6 Å². The van der Waals surface area contributed by atoms with E-state index >= 15 is 0 Å². The van der Waals surface area contributed by atoms with E-state index in [2.05, 4.69) is 10.6 Å². The van der Waals surface area contributed by atoms with Crippen LogP contribution in [-0.4, -0.2) is 59.5 Å². The first kappa shape index (κ1) is 20.5. The van der Waals surface area contributed by atoms with Gasteiger partial charge in [-0.15, -0.1) is 0 Å². The fourth-order valence-electron chi connectivity index (χ4n) is 3.05. The average Bonchev–Trinajstić information content (AvgIpc) is 3.05. The zero-order valence-electron chi connectivity index (χ0n) is 15.5. The summed E-state index contributed by atoms with van der Waals surface area (Å²) >= 11 is 0. The fraction of sp³-hybridized carbons (Fsp3) is 0.286. The van der Waals surface area contributed by atoms with Crippen molar-refractivity contribution in [3.8, 4) is 6.07 Å². The second-order valence-corrected chi connectivity index (χ2v) is 6.85. The van der Waals surface area contributed by atoms with Crippen molar-refractivity contribution in [2.75, 3.05) is 19.7 Å². The lowest BCUT2D eigenvalue weighted by Gasteiger charge is -2.26. The van der Waals surface area contributed by atoms with Gasteiger partial charge in [0.2, 0.25) is 0 Å². The standard InChI is InChI=1S/C21H21N3O5/c22-10-14-5-4-8-16(9-14)20(27)23-11-17-18(25)21(28,13-29-17)12-24-19(26)15-6-2-1-3-7-15/h1-9,17-18,25,28H,11-13H2,(H,23,27)(H,24,26)/t17-,18-,21+/m1/s1. The summed E-state index contributed by atoms with van der Waals surface area (Å²) in [6, 6.07) is 16.7. The molecule has 1 heterocycles. The molecule has 2 aromatic carbocycles. The number of hydrogen-bond acceptors (Lipinski definition) is 6. The average molecular weight is 395 g/mol. The summed E-state index contributed by atoms with van der Waals surface area (Å²) in [6.45, 7) is -0.421. The maximum atomic E-state index is 12.2. The van der Waals surface area contributed by atoms with Gasteiger partial charge in [-0.05, 0) is 30.3 Å². The lowest BCUT2D eigenvalue weighted by atomic mass is 9.96. The van der Waals surface area contributed by atoms with Gasteiger partial charge in [-0.1, -0.05) is 24.3 Å². The lowest BCUT2D eigenvalue weighted by Crippen LogP contribution is -2.53. The fourth-order valence-corrected chi connectivity index (χ4v) is 3.05. The van der Waals surface area contributed by atoms with Crippen molar-refractivity contribution < 1.29 is 24.5 Å². The van der Waals surface area contributed by atoms with E-state index in [1.807, 2.05) is 6.07 Å². The van der Waals surface area contributed by atoms with Crippen LogP contribution in [0, 0.1) is 11.3 Å². The van der Waals surface area contributed by atoms with E-state index in [-0.39, 0.29) is 25.6 Å². The SMILES string of the molecule is N#Cc1cccc(C(=O)NC[C@H]2OC[C@@](O)(CNC(=O)c3ccccc3)[C@@H]2O)c1. The van der Waals surface area contributed by atoms with Gasteiger partial charge >= 0.3 is 0 Å². The van der Waals surface area contributed by atoms with Crippen LogP contribution >= 0.6 is 0 Å². The highest BCUT2D eigenvalue weighted by Gasteiger charge is 2.48. The summed E-state index contributed by atoms with van der Waals surface area (Å²) < 4.78 is 5.43. The smallest absolute Gasteiger partial charge is 0.251 e. The van der Waals surface area contributed by atoms with Crippen LogP contribution in [0.2, 0.25) is 0 Å². The Morgan fingerprint density at radius 2 is 1.79 bits per heavy atom. The van der Waals surface area contributed by atoms with Crippen LogP contribution in [0.5, 0.6) is 0 Å². The topological polar surface area (TPSA) is 132 Å². The van der Waals surface area contributed by atoms with Crippen molar-refractivity contribution in [3.05, 3.63) is 71.3 Å². The van der Waals surface area contributed by atoms with Crippen molar-refractivity contribution in [1.82, 2.24) is 10.6 Å². The Hall–Kier alpha value is -3.25. The summed E-state index contributed by atoms with van der Waals surface area (Å²) in [6.07, 6.45) is -2.14. The molecular weight excluding hydrogens is 374 g/mol. The van der Waals surface area contributed by atoms with Gasteiger partial charge in [-0.2, -0.15) is 5.26 Å². The Bertz CT molecular complexity index is 927. The number of carbonyl (C=O) groups is 2. The molecule has 0 unspecified atom stereocenters. The number of ether oxygens (including phenoxy) is 1. The Labute approximate surface area is 167 Å². The Balaban J connectivity index is 1.53. The molecule has 4 N–H and O–H groups in total. The number of nitrogens with one attached hydrogen (secondary N) is 2. The molecule has 3 rings (SSSR count). The molecule has 0 saturated carbocycles. The Kier molecular flexibility index (Phi) is 6.24. The number of aliphatic hydroxyl groups is 2. The maximum Gasteiger partial charge on any atom is 0.251 e. The van der Waals surface area contributed by atoms with Crippen LogP contribution in [0.4, 0.5) is 0 Å². The normalized spacial score (nSPS) is 23.2. The molecule has 0 aliphatic carbocycles. The maximum absolute atomic E-state index is 12.2. The zero-order valence-corrected chi connectivity index (χ0v) is 15.5. The monoisotopic (exact) mass is 395 g/mol. The van der Waals surface area contributed by atoms with E-state index in [4.69, 9.17) is 10.00 Å². The molecule has 0 bridgehead atoms. The molecule has 0 spiro atoms. The molecule has 0 radical (unpaired) electrons. The number of nitriles is 1. The number of nitrogens with zero attached hydrogens (tertiary/aromatic N) is 1. The van der Waals surface area contributed by atoms with Gasteiger partial charge in [0.15, 0.2) is 0 Å². The van der Waals surface area contributed by atoms with E-state index in [1.54, 1.807) is 48.5 Å². The number of aliphatic hydroxyl groups excluding tert-OH is 1. The van der Waals surface area contributed by atoms with Gasteiger partial charge in [-0.25, -0.2) is 0 Å². The summed E-state index contributed by atoms with van der Waals surface area (Å²) in [5, 5.41) is 35.2. The van der Waals surface area contributed by atoms with Crippen LogP contribution in [0.25, 0.3) is 0 Å². The minimum Gasteiger partial charge on any atom is -0.387 e. The van der Waals surface area contributed by atoms with Crippen molar-refractivity contribution in [3.63, 3.8) is 0 Å². The first-order chi connectivity index (χ1) is 13.9. The molecule has 1 fully saturated rings. The molecule has 1 aliphatic heterocycles. The van der Waals surface area contributed by atoms with E-state index in [9.17, 15) is 19.8 Å². The predicted molar refractivity (Wildman–Crippen MR) is 103 cm³/mol. The molecule has 8 heteroatoms. The summed E-state index contributed by atoms with van der Waals surface area (Å²) in [7, 11) is 0. The Morgan fingerprint density at radius 1 is 1.10 bits per heavy atom. The molecule has 3 atom stereocenters. The molecule has 1 aliphatic rings. The molecular formula is C21H21N3O5. The van der Waals surface area contributed by atoms with Crippen LogP contribution in [0.3, 0.4) is 0 Å². The minimum absolute atomic E-state index is 0.0360. The molecule has 2 amide bonds. The van der Waals surface area contributed by atoms with Gasteiger partial charge in [0.05, 0.1) is 24.8 Å². The highest BCUT2D eigenvalue weighted by molar-refractivity contribution is 5.94. The molecule has 150 valence electrons. The number of amides is 2. The van der Waals surface area contributed by atoms with Gasteiger partial charge in [0, 0.05) is 17.7 Å². The van der Waals surface area contributed by atoms with Gasteiger partial charge in [-0.3, -0.25) is 9.59 Å². The van der Waals surface area contributed by atoms with Gasteiger partial charge in [0.1, 0.15) is 17.8 Å². The number of hydrogen-bond donors (Lipinski definition) is 4. The van der Waals surface area contributed by atoms with E-state index in [1.165, 1.54) is 6.07 Å². The number of rotatable bonds is 6. The summed E-state index contributed by atoms with van der Waals surface area (Å²) in [5.74, 6) is -0.800. The van der Waals surface area contributed by atoms with Crippen LogP contribution < -0.4 is 10.6 Å². The highest BCUT2D eigenvalue weighted by atomic mass is 16.5. The largest absolute Gasteiger partial charge is 0.387 e. The first-order valence-electron chi connectivity index (χ1n) is 9.06. The number of carbonyl (C=O) groups excluding carboxylic acids is 2. The van der Waals surface area contributed by atoms with Crippen molar-refractivity contribution in [2.24, 2.45) is 0 Å². The molecule has 0 aromatic heterocycles. The van der Waals surface area contributed by atoms with Crippen LogP contribution in [-0.2, 0) is 4.74 Å². The summed E-state index contributed by atoms with van der Waals surface area (Å²) in [5.41, 5.74) is -0.561. The molecule has 2 aromatic rings. The summed E-state index contributed by atoms with van der Waals surface area (Å²) in [4.78, 5) is 24.4. The minimum atomic E-state index is -1.67. The van der Waals surface area contributed by atoms with E-state index in [0.717, 1.165) is 0 Å². The third-order valence-electron chi connectivity index (χ3n) is 4.76. The van der Waals surface area contributed by atoms with Crippen molar-refractivity contribution in [1.29, 1.82) is 5.26 Å². The van der Waals surface area contributed by atoms with Crippen molar-refractivity contribution in [2.45, 2.75) is 17.8 Å². The Morgan fingerprint density at radius 3 is 2.52 bits per heavy atom. The van der Waals surface area contributed by atoms with E-state index in [0.29, 0.717) is 16.7 Å². The first-order valence-corrected chi connectivity index (χ1v) is 9.06. The zero-order chi connectivity index (χ0) is 20.9. The third kappa shape index (κ3) is 4.78. The van der Waals surface area contributed by atoms with E-state index < -0.39 is 23.7 Å². The third-order valence-corrected chi connectivity index (χ3v) is 4.76. The molecule has 1 saturated heterocycles. The molecule has 8 nitrogen and oxygen atoms in total. The second-order valence-electron chi connectivity index (χ2n) is 6.85. The highest BCUT2D eigenvalue weighted by Crippen LogP contribution is 2.24. The van der Waals surface area contributed by atoms with Crippen LogP contribution in [0.15, 0.2) is 54.6 Å². The van der Waals surface area contributed by atoms with Gasteiger partial charge in [0.25, 0.3) is 11.8 Å². The van der Waals surface area contributed by atoms with Crippen LogP contribution in [0.1, 0.15) is 26.3 Å². The van der Waals surface area contributed by atoms with Crippen molar-refractivity contribution >= 4 is 11.8 Å². The lowest BCUT2D eigenvalue weighted by molar-refractivity contribution is -0.0464. The quantitative estimate of drug-likeness (QED) is 0.553. The number of benzene rings is 2. The second kappa shape index (κ2) is 8.84.